The fourth-order valence-corrected chi connectivity index (χ4v) is 3.42. The zero-order valence-electron chi connectivity index (χ0n) is 10.7. The smallest absolute Gasteiger partial charge is 0.269 e. The van der Waals surface area contributed by atoms with Gasteiger partial charge >= 0.3 is 0 Å². The van der Waals surface area contributed by atoms with Crippen LogP contribution in [0.3, 0.4) is 0 Å². The van der Waals surface area contributed by atoms with Gasteiger partial charge in [0.05, 0.1) is 5.69 Å². The predicted molar refractivity (Wildman–Crippen MR) is 74.9 cm³/mol. The van der Waals surface area contributed by atoms with E-state index in [0.29, 0.717) is 10.7 Å². The second-order valence-corrected chi connectivity index (χ2v) is 6.79. The van der Waals surface area contributed by atoms with Crippen molar-refractivity contribution < 1.29 is 13.2 Å². The monoisotopic (exact) mass is 300 g/mol. The first-order valence-electron chi connectivity index (χ1n) is 5.46. The Bertz CT molecular complexity index is 680. The summed E-state index contributed by atoms with van der Waals surface area (Å²) in [5.41, 5.74) is 0.628. The van der Waals surface area contributed by atoms with E-state index in [9.17, 15) is 13.2 Å². The fourth-order valence-electron chi connectivity index (χ4n) is 1.85. The van der Waals surface area contributed by atoms with E-state index in [4.69, 9.17) is 11.6 Å². The van der Waals surface area contributed by atoms with Gasteiger partial charge in [-0.25, -0.2) is 8.42 Å². The molecule has 1 aromatic carbocycles. The number of hydrogen-bond donors (Lipinski definition) is 0. The molecule has 1 aliphatic heterocycles. The quantitative estimate of drug-likeness (QED) is 0.741. The Labute approximate surface area is 117 Å². The number of Topliss-reactive ketones (excluding diaryl/α,β-unsaturated/α-hetero) is 1. The molecule has 0 amide bonds. The van der Waals surface area contributed by atoms with Crippen LogP contribution in [-0.2, 0) is 10.0 Å². The first-order valence-corrected chi connectivity index (χ1v) is 7.28. The molecule has 0 saturated heterocycles. The molecule has 19 heavy (non-hydrogen) atoms. The number of nitrogens with zero attached hydrogens (tertiary/aromatic N) is 2. The van der Waals surface area contributed by atoms with Gasteiger partial charge in [0.2, 0.25) is 5.78 Å². The molecule has 0 unspecified atom stereocenters. The minimum Gasteiger partial charge on any atom is -0.382 e. The lowest BCUT2D eigenvalue weighted by Crippen LogP contribution is -2.37. The molecule has 5 nitrogen and oxygen atoms in total. The topological polar surface area (TPSA) is 57.7 Å². The minimum absolute atomic E-state index is 0.255. The van der Waals surface area contributed by atoms with E-state index in [0.717, 1.165) is 4.31 Å². The maximum absolute atomic E-state index is 12.3. The highest BCUT2D eigenvalue weighted by Crippen LogP contribution is 2.35. The van der Waals surface area contributed by atoms with E-state index < -0.39 is 15.8 Å². The average molecular weight is 301 g/mol. The Balaban J connectivity index is 2.75. The van der Waals surface area contributed by atoms with Gasteiger partial charge in [-0.3, -0.25) is 9.10 Å². The lowest BCUT2D eigenvalue weighted by Gasteiger charge is -2.28. The zero-order chi connectivity index (χ0) is 14.4. The largest absolute Gasteiger partial charge is 0.382 e. The highest BCUT2D eigenvalue weighted by atomic mass is 35.5. The molecule has 0 N–H and O–H groups in total. The van der Waals surface area contributed by atoms with Crippen LogP contribution in [0.5, 0.6) is 0 Å². The number of hydrogen-bond acceptors (Lipinski definition) is 4. The molecule has 1 aromatic rings. The average Bonchev–Trinajstić information content (AvgIpc) is 2.32. The number of sulfonamides is 1. The Morgan fingerprint density at radius 3 is 2.53 bits per heavy atom. The van der Waals surface area contributed by atoms with E-state index in [-0.39, 0.29) is 10.5 Å². The number of allylic oxidation sites excluding steroid dienone is 1. The second-order valence-electron chi connectivity index (χ2n) is 4.42. The molecule has 0 atom stereocenters. The number of rotatable bonds is 1. The molecule has 0 aromatic heterocycles. The summed E-state index contributed by atoms with van der Waals surface area (Å²) < 4.78 is 25.7. The summed E-state index contributed by atoms with van der Waals surface area (Å²) in [5.74, 6) is -0.538. The van der Waals surface area contributed by atoms with Crippen LogP contribution < -0.4 is 4.31 Å². The molecule has 102 valence electrons. The standard InChI is InChI=1S/C12H13ClN2O3S/c1-14(2)7-11-12(16)9-6-8(13)4-5-10(9)15(3)19(11,17)18/h4-7H,1-3H3. The van der Waals surface area contributed by atoms with Gasteiger partial charge in [0, 0.05) is 37.9 Å². The maximum Gasteiger partial charge on any atom is 0.269 e. The summed E-state index contributed by atoms with van der Waals surface area (Å²) in [6, 6.07) is 4.56. The summed E-state index contributed by atoms with van der Waals surface area (Å²) >= 11 is 5.86. The van der Waals surface area contributed by atoms with Crippen molar-refractivity contribution in [3.05, 3.63) is 39.9 Å². The Kier molecular flexibility index (Phi) is 3.32. The number of carbonyl (C=O) groups is 1. The molecule has 7 heteroatoms. The Morgan fingerprint density at radius 2 is 1.95 bits per heavy atom. The lowest BCUT2D eigenvalue weighted by atomic mass is 10.1. The number of anilines is 1. The van der Waals surface area contributed by atoms with Gasteiger partial charge in [-0.05, 0) is 18.2 Å². The van der Waals surface area contributed by atoms with Crippen LogP contribution in [0.4, 0.5) is 5.69 Å². The lowest BCUT2D eigenvalue weighted by molar-refractivity contribution is 0.104. The van der Waals surface area contributed by atoms with Gasteiger partial charge in [-0.1, -0.05) is 11.6 Å². The van der Waals surface area contributed by atoms with Gasteiger partial charge in [0.1, 0.15) is 0 Å². The molecule has 0 radical (unpaired) electrons. The third-order valence-electron chi connectivity index (χ3n) is 2.78. The molecular weight excluding hydrogens is 288 g/mol. The molecular formula is C12H13ClN2O3S. The third kappa shape index (κ3) is 2.21. The Hall–Kier alpha value is -1.53. The van der Waals surface area contributed by atoms with Crippen molar-refractivity contribution in [2.45, 2.75) is 0 Å². The minimum atomic E-state index is -3.81. The van der Waals surface area contributed by atoms with E-state index in [2.05, 4.69) is 0 Å². The number of benzene rings is 1. The molecule has 0 saturated carbocycles. The van der Waals surface area contributed by atoms with Crippen LogP contribution in [0.2, 0.25) is 5.02 Å². The molecule has 2 rings (SSSR count). The molecule has 0 spiro atoms. The Morgan fingerprint density at radius 1 is 1.32 bits per heavy atom. The van der Waals surface area contributed by atoms with Crippen LogP contribution in [0, 0.1) is 0 Å². The van der Waals surface area contributed by atoms with Crippen molar-refractivity contribution in [3.63, 3.8) is 0 Å². The molecule has 1 aliphatic rings. The zero-order valence-corrected chi connectivity index (χ0v) is 12.3. The van der Waals surface area contributed by atoms with Crippen LogP contribution in [0.15, 0.2) is 29.3 Å². The van der Waals surface area contributed by atoms with Gasteiger partial charge in [0.15, 0.2) is 4.91 Å². The van der Waals surface area contributed by atoms with E-state index in [1.807, 2.05) is 0 Å². The van der Waals surface area contributed by atoms with E-state index in [1.54, 1.807) is 20.2 Å². The number of halogens is 1. The van der Waals surface area contributed by atoms with Gasteiger partial charge in [0.25, 0.3) is 10.0 Å². The van der Waals surface area contributed by atoms with Gasteiger partial charge in [-0.2, -0.15) is 0 Å². The van der Waals surface area contributed by atoms with Gasteiger partial charge in [-0.15, -0.1) is 0 Å². The fraction of sp³-hybridized carbons (Fsp3) is 0.250. The van der Waals surface area contributed by atoms with Gasteiger partial charge < -0.3 is 4.90 Å². The highest BCUT2D eigenvalue weighted by Gasteiger charge is 2.38. The third-order valence-corrected chi connectivity index (χ3v) is 4.78. The van der Waals surface area contributed by atoms with Crippen molar-refractivity contribution in [2.24, 2.45) is 0 Å². The number of ketones is 1. The maximum atomic E-state index is 12.3. The summed E-state index contributed by atoms with van der Waals surface area (Å²) in [4.78, 5) is 13.6. The summed E-state index contributed by atoms with van der Waals surface area (Å²) in [5, 5.41) is 0.393. The van der Waals surface area contributed by atoms with E-state index in [1.165, 1.54) is 30.3 Å². The van der Waals surface area contributed by atoms with Crippen molar-refractivity contribution in [1.29, 1.82) is 0 Å². The normalized spacial score (nSPS) is 19.5. The highest BCUT2D eigenvalue weighted by molar-refractivity contribution is 7.97. The van der Waals surface area contributed by atoms with Crippen LogP contribution in [-0.4, -0.2) is 40.2 Å². The molecule has 1 heterocycles. The second kappa shape index (κ2) is 4.54. The van der Waals surface area contributed by atoms with Crippen molar-refractivity contribution in [1.82, 2.24) is 4.90 Å². The molecule has 0 fully saturated rings. The number of fused-ring (bicyclic) bond motifs is 1. The van der Waals surface area contributed by atoms with Crippen molar-refractivity contribution in [3.8, 4) is 0 Å². The predicted octanol–water partition coefficient (Wildman–Crippen LogP) is 1.71. The summed E-state index contributed by atoms with van der Waals surface area (Å²) in [6.45, 7) is 0. The number of carbonyl (C=O) groups excluding carboxylic acids is 1. The first kappa shape index (κ1) is 13.9. The van der Waals surface area contributed by atoms with Crippen LogP contribution in [0.25, 0.3) is 0 Å². The van der Waals surface area contributed by atoms with Crippen LogP contribution in [0.1, 0.15) is 10.4 Å². The summed E-state index contributed by atoms with van der Waals surface area (Å²) in [6.07, 6.45) is 1.30. The van der Waals surface area contributed by atoms with Crippen LogP contribution >= 0.6 is 11.6 Å². The summed E-state index contributed by atoms with van der Waals surface area (Å²) in [7, 11) is 0.914. The SMILES string of the molecule is CN(C)C=C1C(=O)c2cc(Cl)ccc2N(C)S1(=O)=O. The first-order chi connectivity index (χ1) is 8.75. The molecule has 0 bridgehead atoms. The van der Waals surface area contributed by atoms with Crippen molar-refractivity contribution >= 4 is 33.1 Å². The van der Waals surface area contributed by atoms with Crippen molar-refractivity contribution in [2.75, 3.05) is 25.4 Å². The van der Waals surface area contributed by atoms with E-state index >= 15 is 0 Å². The molecule has 0 aliphatic carbocycles.